The van der Waals surface area contributed by atoms with Crippen molar-refractivity contribution in [2.45, 2.75) is 26.7 Å². The van der Waals surface area contributed by atoms with Crippen LogP contribution in [0.3, 0.4) is 0 Å². The van der Waals surface area contributed by atoms with Gasteiger partial charge in [0.05, 0.1) is 5.92 Å². The largest absolute Gasteiger partial charge is 0.481 e. The minimum atomic E-state index is -0.646. The van der Waals surface area contributed by atoms with Crippen molar-refractivity contribution in [1.82, 2.24) is 9.80 Å². The molecule has 4 heteroatoms. The third-order valence-electron chi connectivity index (χ3n) is 3.83. The summed E-state index contributed by atoms with van der Waals surface area (Å²) >= 11 is 0. The van der Waals surface area contributed by atoms with Crippen molar-refractivity contribution in [1.29, 1.82) is 0 Å². The number of rotatable bonds is 5. The number of nitrogens with zero attached hydrogens (tertiary/aromatic N) is 2. The first-order valence-electron chi connectivity index (χ1n) is 6.43. The van der Waals surface area contributed by atoms with Gasteiger partial charge >= 0.3 is 5.97 Å². The second-order valence-electron chi connectivity index (χ2n) is 6.09. The fourth-order valence-corrected chi connectivity index (χ4v) is 2.44. The van der Waals surface area contributed by atoms with E-state index in [9.17, 15) is 9.90 Å². The van der Waals surface area contributed by atoms with Crippen molar-refractivity contribution < 1.29 is 9.90 Å². The Morgan fingerprint density at radius 1 is 1.47 bits per heavy atom. The molecule has 0 bridgehead atoms. The van der Waals surface area contributed by atoms with Gasteiger partial charge in [-0.3, -0.25) is 4.79 Å². The quantitative estimate of drug-likeness (QED) is 0.791. The van der Waals surface area contributed by atoms with E-state index in [0.29, 0.717) is 6.54 Å². The number of piperidine rings is 1. The molecule has 17 heavy (non-hydrogen) atoms. The molecule has 1 N–H and O–H groups in total. The van der Waals surface area contributed by atoms with Crippen molar-refractivity contribution in [2.24, 2.45) is 11.3 Å². The van der Waals surface area contributed by atoms with Gasteiger partial charge in [-0.2, -0.15) is 0 Å². The van der Waals surface area contributed by atoms with E-state index in [1.807, 2.05) is 0 Å². The first kappa shape index (κ1) is 14.5. The van der Waals surface area contributed by atoms with Gasteiger partial charge < -0.3 is 14.9 Å². The number of carboxylic acid groups (broad SMARTS) is 1. The van der Waals surface area contributed by atoms with Crippen LogP contribution in [0.1, 0.15) is 26.7 Å². The van der Waals surface area contributed by atoms with Crippen LogP contribution in [0.25, 0.3) is 0 Å². The van der Waals surface area contributed by atoms with Crippen molar-refractivity contribution in [2.75, 3.05) is 40.3 Å². The summed E-state index contributed by atoms with van der Waals surface area (Å²) in [4.78, 5) is 15.7. The molecule has 1 atom stereocenters. The molecule has 1 rings (SSSR count). The molecule has 1 aliphatic rings. The number of carbonyl (C=O) groups is 1. The Bertz CT molecular complexity index is 264. The average Bonchev–Trinajstić information content (AvgIpc) is 2.19. The first-order chi connectivity index (χ1) is 7.83. The molecule has 1 unspecified atom stereocenters. The lowest BCUT2D eigenvalue weighted by atomic mass is 9.73. The smallest absolute Gasteiger partial charge is 0.308 e. The van der Waals surface area contributed by atoms with E-state index in [0.717, 1.165) is 32.5 Å². The van der Waals surface area contributed by atoms with E-state index in [-0.39, 0.29) is 11.3 Å². The van der Waals surface area contributed by atoms with Crippen LogP contribution in [-0.4, -0.2) is 61.2 Å². The summed E-state index contributed by atoms with van der Waals surface area (Å²) < 4.78 is 0. The zero-order valence-corrected chi connectivity index (χ0v) is 11.6. The van der Waals surface area contributed by atoms with E-state index in [4.69, 9.17) is 0 Å². The number of hydrogen-bond acceptors (Lipinski definition) is 3. The highest BCUT2D eigenvalue weighted by atomic mass is 16.4. The number of hydrogen-bond donors (Lipinski definition) is 1. The minimum Gasteiger partial charge on any atom is -0.481 e. The molecular formula is C13H26N2O2. The predicted octanol–water partition coefficient (Wildman–Crippen LogP) is 1.37. The molecule has 0 aliphatic carbocycles. The molecule has 1 aliphatic heterocycles. The van der Waals surface area contributed by atoms with Crippen molar-refractivity contribution in [3.05, 3.63) is 0 Å². The second-order valence-corrected chi connectivity index (χ2v) is 6.09. The highest BCUT2D eigenvalue weighted by Crippen LogP contribution is 2.35. The molecule has 0 aromatic carbocycles. The second kappa shape index (κ2) is 5.83. The monoisotopic (exact) mass is 242 g/mol. The fraction of sp³-hybridized carbons (Fsp3) is 0.923. The molecule has 1 fully saturated rings. The maximum absolute atomic E-state index is 11.3. The van der Waals surface area contributed by atoms with Gasteiger partial charge in [-0.1, -0.05) is 13.8 Å². The first-order valence-corrected chi connectivity index (χ1v) is 6.43. The molecule has 100 valence electrons. The Kier molecular flexibility index (Phi) is 4.95. The molecule has 4 nitrogen and oxygen atoms in total. The Morgan fingerprint density at radius 2 is 2.12 bits per heavy atom. The van der Waals surface area contributed by atoms with Crippen LogP contribution >= 0.6 is 0 Å². The van der Waals surface area contributed by atoms with Crippen molar-refractivity contribution in [3.63, 3.8) is 0 Å². The lowest BCUT2D eigenvalue weighted by Crippen LogP contribution is -2.48. The van der Waals surface area contributed by atoms with Crippen molar-refractivity contribution >= 4 is 5.97 Å². The van der Waals surface area contributed by atoms with Gasteiger partial charge in [0.1, 0.15) is 0 Å². The van der Waals surface area contributed by atoms with E-state index in [1.165, 1.54) is 0 Å². The topological polar surface area (TPSA) is 43.8 Å². The summed E-state index contributed by atoms with van der Waals surface area (Å²) in [6, 6.07) is 0. The highest BCUT2D eigenvalue weighted by Gasteiger charge is 2.39. The van der Waals surface area contributed by atoms with Gasteiger partial charge in [-0.25, -0.2) is 0 Å². The zero-order chi connectivity index (χ0) is 13.1. The lowest BCUT2D eigenvalue weighted by Gasteiger charge is -2.41. The van der Waals surface area contributed by atoms with Crippen LogP contribution in [0.2, 0.25) is 0 Å². The van der Waals surface area contributed by atoms with Gasteiger partial charge in [0, 0.05) is 6.54 Å². The molecule has 0 aromatic rings. The lowest BCUT2D eigenvalue weighted by molar-refractivity contribution is -0.149. The Morgan fingerprint density at radius 3 is 2.65 bits per heavy atom. The van der Waals surface area contributed by atoms with Crippen molar-refractivity contribution in [3.8, 4) is 0 Å². The predicted molar refractivity (Wildman–Crippen MR) is 69.1 cm³/mol. The number of likely N-dealkylation sites (tertiary alicyclic amines) is 1. The minimum absolute atomic E-state index is 0.0656. The maximum atomic E-state index is 11.3. The molecule has 0 amide bonds. The van der Waals surface area contributed by atoms with Crippen LogP contribution < -0.4 is 0 Å². The molecule has 0 radical (unpaired) electrons. The van der Waals surface area contributed by atoms with Crippen LogP contribution in [-0.2, 0) is 4.79 Å². The average molecular weight is 242 g/mol. The van der Waals surface area contributed by atoms with Crippen LogP contribution in [0, 0.1) is 11.3 Å². The van der Waals surface area contributed by atoms with Gasteiger partial charge in [-0.15, -0.1) is 0 Å². The Labute approximate surface area is 105 Å². The van der Waals surface area contributed by atoms with Crippen LogP contribution in [0.4, 0.5) is 0 Å². The molecule has 0 spiro atoms. The normalized spacial score (nSPS) is 25.1. The van der Waals surface area contributed by atoms with Gasteiger partial charge in [0.25, 0.3) is 0 Å². The molecule has 0 aromatic heterocycles. The van der Waals surface area contributed by atoms with Crippen LogP contribution in [0.5, 0.6) is 0 Å². The summed E-state index contributed by atoms with van der Waals surface area (Å²) in [5.41, 5.74) is -0.0656. The standard InChI is InChI=1S/C13H26N2O2/c1-13(2)6-9-15(8-5-7-14(3)4)10-11(13)12(16)17/h11H,5-10H2,1-4H3,(H,16,17). The third-order valence-corrected chi connectivity index (χ3v) is 3.83. The summed E-state index contributed by atoms with van der Waals surface area (Å²) in [5.74, 6) is -0.872. The Hall–Kier alpha value is -0.610. The third kappa shape index (κ3) is 4.28. The highest BCUT2D eigenvalue weighted by molar-refractivity contribution is 5.71. The van der Waals surface area contributed by atoms with E-state index in [1.54, 1.807) is 0 Å². The van der Waals surface area contributed by atoms with E-state index in [2.05, 4.69) is 37.7 Å². The fourth-order valence-electron chi connectivity index (χ4n) is 2.44. The Balaban J connectivity index is 2.43. The van der Waals surface area contributed by atoms with E-state index < -0.39 is 5.97 Å². The van der Waals surface area contributed by atoms with Crippen LogP contribution in [0.15, 0.2) is 0 Å². The SMILES string of the molecule is CN(C)CCCN1CCC(C)(C)C(C(=O)O)C1. The number of aliphatic carboxylic acids is 1. The summed E-state index contributed by atoms with van der Waals surface area (Å²) in [6.07, 6.45) is 2.09. The molecule has 1 saturated heterocycles. The van der Waals surface area contributed by atoms with Gasteiger partial charge in [0.2, 0.25) is 0 Å². The maximum Gasteiger partial charge on any atom is 0.308 e. The summed E-state index contributed by atoms with van der Waals surface area (Å²) in [6.45, 7) is 7.96. The molecule has 0 saturated carbocycles. The van der Waals surface area contributed by atoms with Gasteiger partial charge in [-0.05, 0) is 52.0 Å². The molecular weight excluding hydrogens is 216 g/mol. The number of carboxylic acids is 1. The zero-order valence-electron chi connectivity index (χ0n) is 11.6. The van der Waals surface area contributed by atoms with Gasteiger partial charge in [0.15, 0.2) is 0 Å². The summed E-state index contributed by atoms with van der Waals surface area (Å²) in [5, 5.41) is 9.27. The summed E-state index contributed by atoms with van der Waals surface area (Å²) in [7, 11) is 4.14. The molecule has 1 heterocycles. The van der Waals surface area contributed by atoms with E-state index >= 15 is 0 Å².